The number of thioether (sulfide) groups is 1. The van der Waals surface area contributed by atoms with Crippen LogP contribution in [-0.2, 0) is 11.8 Å². The number of ether oxygens (including phenoxy) is 2. The predicted octanol–water partition coefficient (Wildman–Crippen LogP) is 3.05. The van der Waals surface area contributed by atoms with E-state index in [-0.39, 0.29) is 12.5 Å². The Balaban J connectivity index is 1.39. The van der Waals surface area contributed by atoms with Crippen molar-refractivity contribution in [3.63, 3.8) is 0 Å². The number of anilines is 1. The molecule has 0 radical (unpaired) electrons. The highest BCUT2D eigenvalue weighted by atomic mass is 32.2. The van der Waals surface area contributed by atoms with Gasteiger partial charge >= 0.3 is 0 Å². The van der Waals surface area contributed by atoms with Crippen LogP contribution in [0.2, 0.25) is 0 Å². The van der Waals surface area contributed by atoms with Crippen molar-refractivity contribution >= 4 is 23.4 Å². The molecule has 1 aliphatic rings. The fourth-order valence-corrected chi connectivity index (χ4v) is 3.61. The van der Waals surface area contributed by atoms with Gasteiger partial charge in [0, 0.05) is 7.05 Å². The van der Waals surface area contributed by atoms with Crippen molar-refractivity contribution in [1.29, 1.82) is 0 Å². The van der Waals surface area contributed by atoms with Crippen LogP contribution >= 0.6 is 11.8 Å². The molecule has 152 valence electrons. The molecule has 29 heavy (non-hydrogen) atoms. The summed E-state index contributed by atoms with van der Waals surface area (Å²) in [6, 6.07) is 7.41. The third kappa shape index (κ3) is 3.93. The maximum absolute atomic E-state index is 12.6. The standard InChI is InChI=1S/C19H21N5O4S/c1-10-16(11(2)24(4)23-10)20-17(25)12(3)29-19-22-21-18(28-19)15-9-26-13-7-5-6-8-14(13)27-15/h5-8,12,15H,9H2,1-4H3,(H,20,25)/t12-,15-/m1/s1. The highest BCUT2D eigenvalue weighted by Crippen LogP contribution is 2.36. The smallest absolute Gasteiger partial charge is 0.277 e. The third-order valence-corrected chi connectivity index (χ3v) is 5.54. The van der Waals surface area contributed by atoms with Crippen LogP contribution in [0.25, 0.3) is 0 Å². The summed E-state index contributed by atoms with van der Waals surface area (Å²) in [5, 5.41) is 15.2. The normalized spacial score (nSPS) is 16.5. The molecular weight excluding hydrogens is 394 g/mol. The van der Waals surface area contributed by atoms with Crippen molar-refractivity contribution in [2.45, 2.75) is 37.3 Å². The second-order valence-corrected chi connectivity index (χ2v) is 7.98. The van der Waals surface area contributed by atoms with E-state index in [1.54, 1.807) is 11.6 Å². The second-order valence-electron chi connectivity index (χ2n) is 6.69. The maximum Gasteiger partial charge on any atom is 0.277 e. The van der Waals surface area contributed by atoms with Crippen LogP contribution in [0.4, 0.5) is 5.69 Å². The number of aromatic nitrogens is 4. The van der Waals surface area contributed by atoms with Crippen LogP contribution in [0.3, 0.4) is 0 Å². The van der Waals surface area contributed by atoms with E-state index in [0.29, 0.717) is 22.6 Å². The Hall–Kier alpha value is -3.01. The summed E-state index contributed by atoms with van der Waals surface area (Å²) in [5.74, 6) is 1.46. The number of fused-ring (bicyclic) bond motifs is 1. The highest BCUT2D eigenvalue weighted by molar-refractivity contribution is 8.00. The first-order valence-electron chi connectivity index (χ1n) is 9.12. The van der Waals surface area contributed by atoms with E-state index < -0.39 is 11.4 Å². The zero-order chi connectivity index (χ0) is 20.5. The summed E-state index contributed by atoms with van der Waals surface area (Å²) < 4.78 is 19.0. The number of carbonyl (C=O) groups is 1. The number of benzene rings is 1. The lowest BCUT2D eigenvalue weighted by Gasteiger charge is -2.23. The van der Waals surface area contributed by atoms with Gasteiger partial charge in [-0.1, -0.05) is 23.9 Å². The molecule has 2 atom stereocenters. The largest absolute Gasteiger partial charge is 0.485 e. The molecule has 1 aromatic carbocycles. The Kier molecular flexibility index (Phi) is 5.18. The first-order chi connectivity index (χ1) is 13.9. The van der Waals surface area contributed by atoms with E-state index >= 15 is 0 Å². The van der Waals surface area contributed by atoms with E-state index in [4.69, 9.17) is 13.9 Å². The van der Waals surface area contributed by atoms with Crippen LogP contribution in [0.5, 0.6) is 11.5 Å². The van der Waals surface area contributed by atoms with Gasteiger partial charge in [0.1, 0.15) is 6.61 Å². The van der Waals surface area contributed by atoms with Gasteiger partial charge in [0.15, 0.2) is 11.5 Å². The lowest BCUT2D eigenvalue weighted by atomic mass is 10.2. The first kappa shape index (κ1) is 19.3. The second kappa shape index (κ2) is 7.78. The molecule has 0 fully saturated rings. The summed E-state index contributed by atoms with van der Waals surface area (Å²) in [6.45, 7) is 5.82. The predicted molar refractivity (Wildman–Crippen MR) is 106 cm³/mol. The van der Waals surface area contributed by atoms with Gasteiger partial charge in [0.05, 0.1) is 22.3 Å². The molecule has 4 rings (SSSR count). The zero-order valence-corrected chi connectivity index (χ0v) is 17.3. The van der Waals surface area contributed by atoms with Crippen molar-refractivity contribution in [2.75, 3.05) is 11.9 Å². The topological polar surface area (TPSA) is 104 Å². The summed E-state index contributed by atoms with van der Waals surface area (Å²) in [7, 11) is 1.84. The number of nitrogens with one attached hydrogen (secondary N) is 1. The zero-order valence-electron chi connectivity index (χ0n) is 16.5. The number of aryl methyl sites for hydroxylation is 2. The van der Waals surface area contributed by atoms with Gasteiger partial charge in [0.2, 0.25) is 12.0 Å². The van der Waals surface area contributed by atoms with E-state index in [1.165, 1.54) is 11.8 Å². The van der Waals surface area contributed by atoms with Crippen molar-refractivity contribution in [1.82, 2.24) is 20.0 Å². The molecule has 1 amide bonds. The van der Waals surface area contributed by atoms with Gasteiger partial charge in [-0.2, -0.15) is 5.10 Å². The van der Waals surface area contributed by atoms with E-state index in [0.717, 1.165) is 17.1 Å². The van der Waals surface area contributed by atoms with Crippen LogP contribution in [-0.4, -0.2) is 37.7 Å². The van der Waals surface area contributed by atoms with Gasteiger partial charge in [0.25, 0.3) is 11.1 Å². The first-order valence-corrected chi connectivity index (χ1v) is 10.00. The van der Waals surface area contributed by atoms with Crippen molar-refractivity contribution < 1.29 is 18.7 Å². The molecule has 1 aliphatic heterocycles. The summed E-state index contributed by atoms with van der Waals surface area (Å²) in [5.41, 5.74) is 2.38. The molecule has 0 saturated heterocycles. The number of hydrogen-bond donors (Lipinski definition) is 1. The van der Waals surface area contributed by atoms with Crippen molar-refractivity contribution in [3.8, 4) is 11.5 Å². The molecule has 2 aromatic heterocycles. The number of carbonyl (C=O) groups excluding carboxylic acids is 1. The molecule has 3 heterocycles. The van der Waals surface area contributed by atoms with Crippen molar-refractivity contribution in [2.24, 2.45) is 7.05 Å². The van der Waals surface area contributed by atoms with Gasteiger partial charge in [-0.15, -0.1) is 10.2 Å². The molecular formula is C19H21N5O4S. The average Bonchev–Trinajstić information content (AvgIpc) is 3.27. The van der Waals surface area contributed by atoms with Crippen LogP contribution in [0, 0.1) is 13.8 Å². The molecule has 3 aromatic rings. The van der Waals surface area contributed by atoms with Gasteiger partial charge in [-0.3, -0.25) is 9.48 Å². The molecule has 1 N–H and O–H groups in total. The number of para-hydroxylation sites is 2. The van der Waals surface area contributed by atoms with Crippen LogP contribution in [0.15, 0.2) is 33.9 Å². The quantitative estimate of drug-likeness (QED) is 0.634. The lowest BCUT2D eigenvalue weighted by Crippen LogP contribution is -2.23. The summed E-state index contributed by atoms with van der Waals surface area (Å²) in [6.07, 6.45) is -0.489. The minimum absolute atomic E-state index is 0.167. The average molecular weight is 415 g/mol. The Labute approximate surface area is 171 Å². The summed E-state index contributed by atoms with van der Waals surface area (Å²) >= 11 is 1.18. The van der Waals surface area contributed by atoms with Crippen LogP contribution < -0.4 is 14.8 Å². The minimum Gasteiger partial charge on any atom is -0.485 e. The maximum atomic E-state index is 12.6. The number of nitrogens with zero attached hydrogens (tertiary/aromatic N) is 4. The minimum atomic E-state index is -0.489. The monoisotopic (exact) mass is 415 g/mol. The third-order valence-electron chi connectivity index (χ3n) is 4.61. The summed E-state index contributed by atoms with van der Waals surface area (Å²) in [4.78, 5) is 12.6. The molecule has 0 spiro atoms. The molecule has 0 saturated carbocycles. The van der Waals surface area contributed by atoms with Gasteiger partial charge < -0.3 is 19.2 Å². The van der Waals surface area contributed by atoms with E-state index in [1.807, 2.05) is 45.2 Å². The lowest BCUT2D eigenvalue weighted by molar-refractivity contribution is -0.115. The fraction of sp³-hybridized carbons (Fsp3) is 0.368. The molecule has 9 nitrogen and oxygen atoms in total. The molecule has 0 aliphatic carbocycles. The van der Waals surface area contributed by atoms with Crippen molar-refractivity contribution in [3.05, 3.63) is 41.5 Å². The number of rotatable bonds is 5. The van der Waals surface area contributed by atoms with E-state index in [9.17, 15) is 4.79 Å². The van der Waals surface area contributed by atoms with Gasteiger partial charge in [-0.05, 0) is 32.9 Å². The molecule has 0 bridgehead atoms. The Morgan fingerprint density at radius 2 is 2.03 bits per heavy atom. The van der Waals surface area contributed by atoms with Crippen LogP contribution in [0.1, 0.15) is 30.3 Å². The SMILES string of the molecule is Cc1nn(C)c(C)c1NC(=O)[C@@H](C)Sc1nnc([C@H]2COc3ccccc3O2)o1. The Morgan fingerprint density at radius 1 is 1.28 bits per heavy atom. The van der Waals surface area contributed by atoms with Gasteiger partial charge in [-0.25, -0.2) is 0 Å². The molecule has 0 unspecified atom stereocenters. The Bertz CT molecular complexity index is 1050. The van der Waals surface area contributed by atoms with E-state index in [2.05, 4.69) is 20.6 Å². The fourth-order valence-electron chi connectivity index (χ4n) is 2.92. The number of hydrogen-bond acceptors (Lipinski definition) is 8. The highest BCUT2D eigenvalue weighted by Gasteiger charge is 2.28. The number of amides is 1. The Morgan fingerprint density at radius 3 is 2.76 bits per heavy atom. The molecule has 10 heteroatoms.